The highest BCUT2D eigenvalue weighted by molar-refractivity contribution is 9.10. The van der Waals surface area contributed by atoms with Gasteiger partial charge in [0.2, 0.25) is 0 Å². The van der Waals surface area contributed by atoms with Gasteiger partial charge in [-0.25, -0.2) is 0 Å². The van der Waals surface area contributed by atoms with E-state index in [1.165, 1.54) is 12.5 Å². The van der Waals surface area contributed by atoms with Crippen LogP contribution in [0, 0.1) is 0 Å². The molecule has 1 unspecified atom stereocenters. The molecule has 2 rings (SSSR count). The molecule has 0 saturated carbocycles. The van der Waals surface area contributed by atoms with Crippen LogP contribution in [0.2, 0.25) is 0 Å². The molecule has 2 aromatic rings. The average Bonchev–Trinajstić information content (AvgIpc) is 2.89. The predicted molar refractivity (Wildman–Crippen MR) is 70.1 cm³/mol. The monoisotopic (exact) mass is 309 g/mol. The summed E-state index contributed by atoms with van der Waals surface area (Å²) in [6.45, 7) is 0.144. The van der Waals surface area contributed by atoms with Crippen molar-refractivity contribution in [3.8, 4) is 0 Å². The molecule has 0 aliphatic rings. The van der Waals surface area contributed by atoms with Crippen molar-refractivity contribution in [3.05, 3.63) is 58.5 Å². The molecule has 18 heavy (non-hydrogen) atoms. The van der Waals surface area contributed by atoms with Crippen molar-refractivity contribution in [2.75, 3.05) is 6.54 Å². The quantitative estimate of drug-likeness (QED) is 0.912. The molecule has 0 saturated heterocycles. The molecule has 0 radical (unpaired) electrons. The van der Waals surface area contributed by atoms with Gasteiger partial charge in [0.05, 0.1) is 18.6 Å². The SMILES string of the molecule is O=C(NCC(O)c1ccoc1)c1cccc(Br)c1. The first-order valence-corrected chi connectivity index (χ1v) is 6.20. The van der Waals surface area contributed by atoms with E-state index >= 15 is 0 Å². The van der Waals surface area contributed by atoms with Gasteiger partial charge in [-0.1, -0.05) is 22.0 Å². The van der Waals surface area contributed by atoms with E-state index in [0.29, 0.717) is 11.1 Å². The van der Waals surface area contributed by atoms with Gasteiger partial charge in [0, 0.05) is 22.1 Å². The van der Waals surface area contributed by atoms with Gasteiger partial charge in [-0.05, 0) is 24.3 Å². The zero-order valence-corrected chi connectivity index (χ0v) is 11.1. The van der Waals surface area contributed by atoms with Crippen molar-refractivity contribution in [3.63, 3.8) is 0 Å². The van der Waals surface area contributed by atoms with Crippen LogP contribution in [0.4, 0.5) is 0 Å². The van der Waals surface area contributed by atoms with Crippen molar-refractivity contribution in [2.24, 2.45) is 0 Å². The van der Waals surface area contributed by atoms with Crippen molar-refractivity contribution < 1.29 is 14.3 Å². The van der Waals surface area contributed by atoms with Crippen LogP contribution in [0.25, 0.3) is 0 Å². The van der Waals surface area contributed by atoms with Gasteiger partial charge in [0.1, 0.15) is 0 Å². The summed E-state index contributed by atoms with van der Waals surface area (Å²) in [5.41, 5.74) is 1.19. The molecule has 1 aromatic heterocycles. The van der Waals surface area contributed by atoms with E-state index < -0.39 is 6.10 Å². The molecule has 0 spiro atoms. The number of hydrogen-bond donors (Lipinski definition) is 2. The number of rotatable bonds is 4. The molecule has 1 amide bonds. The molecule has 4 nitrogen and oxygen atoms in total. The average molecular weight is 310 g/mol. The summed E-state index contributed by atoms with van der Waals surface area (Å²) >= 11 is 3.30. The molecule has 0 aliphatic carbocycles. The Labute approximate surface area is 113 Å². The highest BCUT2D eigenvalue weighted by Crippen LogP contribution is 2.13. The highest BCUT2D eigenvalue weighted by Gasteiger charge is 2.11. The fraction of sp³-hybridized carbons (Fsp3) is 0.154. The smallest absolute Gasteiger partial charge is 0.251 e. The van der Waals surface area contributed by atoms with Gasteiger partial charge in [0.15, 0.2) is 0 Å². The second-order valence-corrected chi connectivity index (χ2v) is 4.71. The Morgan fingerprint density at radius 2 is 2.28 bits per heavy atom. The maximum Gasteiger partial charge on any atom is 0.251 e. The number of aliphatic hydroxyl groups excluding tert-OH is 1. The van der Waals surface area contributed by atoms with Gasteiger partial charge < -0.3 is 14.8 Å². The van der Waals surface area contributed by atoms with Crippen LogP contribution < -0.4 is 5.32 Å². The zero-order chi connectivity index (χ0) is 13.0. The van der Waals surface area contributed by atoms with E-state index in [0.717, 1.165) is 4.47 Å². The van der Waals surface area contributed by atoms with Crippen molar-refractivity contribution in [2.45, 2.75) is 6.10 Å². The number of hydrogen-bond acceptors (Lipinski definition) is 3. The first kappa shape index (κ1) is 12.9. The lowest BCUT2D eigenvalue weighted by Crippen LogP contribution is -2.28. The highest BCUT2D eigenvalue weighted by atomic mass is 79.9. The molecule has 1 aromatic carbocycles. The number of benzene rings is 1. The summed E-state index contributed by atoms with van der Waals surface area (Å²) in [6, 6.07) is 8.72. The van der Waals surface area contributed by atoms with Crippen LogP contribution in [0.5, 0.6) is 0 Å². The van der Waals surface area contributed by atoms with E-state index in [1.54, 1.807) is 24.3 Å². The third-order valence-corrected chi connectivity index (χ3v) is 2.96. The Bertz CT molecular complexity index is 525. The number of nitrogens with one attached hydrogen (secondary N) is 1. The Kier molecular flexibility index (Phi) is 4.17. The second kappa shape index (κ2) is 5.84. The molecule has 94 valence electrons. The van der Waals surface area contributed by atoms with Crippen LogP contribution in [-0.2, 0) is 0 Å². The minimum absolute atomic E-state index is 0.144. The largest absolute Gasteiger partial charge is 0.472 e. The van der Waals surface area contributed by atoms with Crippen molar-refractivity contribution >= 4 is 21.8 Å². The molecule has 5 heteroatoms. The Hall–Kier alpha value is -1.59. The van der Waals surface area contributed by atoms with Crippen LogP contribution in [0.3, 0.4) is 0 Å². The lowest BCUT2D eigenvalue weighted by Gasteiger charge is -2.10. The molecule has 0 fully saturated rings. The summed E-state index contributed by atoms with van der Waals surface area (Å²) in [5.74, 6) is -0.223. The summed E-state index contributed by atoms with van der Waals surface area (Å²) < 4.78 is 5.70. The number of amides is 1. The van der Waals surface area contributed by atoms with Crippen LogP contribution in [-0.4, -0.2) is 17.6 Å². The van der Waals surface area contributed by atoms with Gasteiger partial charge in [-0.15, -0.1) is 0 Å². The third-order valence-electron chi connectivity index (χ3n) is 2.47. The van der Waals surface area contributed by atoms with Crippen LogP contribution in [0.1, 0.15) is 22.0 Å². The summed E-state index contributed by atoms with van der Waals surface area (Å²) in [4.78, 5) is 11.8. The first-order chi connectivity index (χ1) is 8.66. The van der Waals surface area contributed by atoms with Crippen LogP contribution >= 0.6 is 15.9 Å². The van der Waals surface area contributed by atoms with E-state index in [9.17, 15) is 9.90 Å². The Morgan fingerprint density at radius 1 is 1.44 bits per heavy atom. The summed E-state index contributed by atoms with van der Waals surface area (Å²) in [5, 5.41) is 12.4. The van der Waals surface area contributed by atoms with Crippen LogP contribution in [0.15, 0.2) is 51.7 Å². The molecular formula is C13H12BrNO3. The molecule has 0 aliphatic heterocycles. The number of carbonyl (C=O) groups excluding carboxylic acids is 1. The molecule has 1 atom stereocenters. The first-order valence-electron chi connectivity index (χ1n) is 5.41. The van der Waals surface area contributed by atoms with Gasteiger partial charge >= 0.3 is 0 Å². The lowest BCUT2D eigenvalue weighted by molar-refractivity contribution is 0.0916. The minimum Gasteiger partial charge on any atom is -0.472 e. The number of aliphatic hydroxyl groups is 1. The topological polar surface area (TPSA) is 62.5 Å². The van der Waals surface area contributed by atoms with E-state index in [1.807, 2.05) is 6.07 Å². The predicted octanol–water partition coefficient (Wildman–Crippen LogP) is 2.51. The van der Waals surface area contributed by atoms with E-state index in [-0.39, 0.29) is 12.5 Å². The van der Waals surface area contributed by atoms with Crippen molar-refractivity contribution in [1.29, 1.82) is 0 Å². The standard InChI is InChI=1S/C13H12BrNO3/c14-11-3-1-2-9(6-11)13(17)15-7-12(16)10-4-5-18-8-10/h1-6,8,12,16H,7H2,(H,15,17). The maximum absolute atomic E-state index is 11.8. The maximum atomic E-state index is 11.8. The fourth-order valence-electron chi connectivity index (χ4n) is 1.50. The lowest BCUT2D eigenvalue weighted by atomic mass is 10.2. The van der Waals surface area contributed by atoms with E-state index in [2.05, 4.69) is 21.2 Å². The Balaban J connectivity index is 1.92. The number of furan rings is 1. The molecule has 2 N–H and O–H groups in total. The molecule has 1 heterocycles. The van der Waals surface area contributed by atoms with Gasteiger partial charge in [-0.3, -0.25) is 4.79 Å². The van der Waals surface area contributed by atoms with E-state index in [4.69, 9.17) is 4.42 Å². The molecule has 0 bridgehead atoms. The third kappa shape index (κ3) is 3.21. The normalized spacial score (nSPS) is 12.1. The van der Waals surface area contributed by atoms with Gasteiger partial charge in [0.25, 0.3) is 5.91 Å². The van der Waals surface area contributed by atoms with Gasteiger partial charge in [-0.2, -0.15) is 0 Å². The molecular weight excluding hydrogens is 298 g/mol. The Morgan fingerprint density at radius 3 is 2.94 bits per heavy atom. The van der Waals surface area contributed by atoms with Crippen molar-refractivity contribution in [1.82, 2.24) is 5.32 Å². The number of halogens is 1. The fourth-order valence-corrected chi connectivity index (χ4v) is 1.90. The zero-order valence-electron chi connectivity index (χ0n) is 9.47. The minimum atomic E-state index is -0.764. The number of carbonyl (C=O) groups is 1. The summed E-state index contributed by atoms with van der Waals surface area (Å²) in [6.07, 6.45) is 2.17. The summed E-state index contributed by atoms with van der Waals surface area (Å²) in [7, 11) is 0. The second-order valence-electron chi connectivity index (χ2n) is 3.79.